The van der Waals surface area contributed by atoms with Gasteiger partial charge in [-0.25, -0.2) is 0 Å². The standard InChI is InChI=1S/C16H22ClNO/c1-11(2)16(19)15(10-18-9-12-3-4-12)13-5-7-14(17)8-6-13/h5-8,11-12,15,18H,3-4,9-10H2,1-2H3. The average Bonchev–Trinajstić information content (AvgIpc) is 3.19. The first-order valence-electron chi connectivity index (χ1n) is 7.08. The van der Waals surface area contributed by atoms with Gasteiger partial charge in [-0.1, -0.05) is 37.6 Å². The molecule has 1 fully saturated rings. The van der Waals surface area contributed by atoms with E-state index in [0.29, 0.717) is 10.8 Å². The Morgan fingerprint density at radius 1 is 1.32 bits per heavy atom. The van der Waals surface area contributed by atoms with Crippen LogP contribution in [0.4, 0.5) is 0 Å². The molecule has 0 heterocycles. The highest BCUT2D eigenvalue weighted by molar-refractivity contribution is 6.30. The van der Waals surface area contributed by atoms with Gasteiger partial charge in [0.25, 0.3) is 0 Å². The fraction of sp³-hybridized carbons (Fsp3) is 0.562. The average molecular weight is 280 g/mol. The van der Waals surface area contributed by atoms with Crippen LogP contribution in [0.1, 0.15) is 38.2 Å². The lowest BCUT2D eigenvalue weighted by Crippen LogP contribution is -2.30. The van der Waals surface area contributed by atoms with Crippen LogP contribution in [0, 0.1) is 11.8 Å². The van der Waals surface area contributed by atoms with E-state index in [-0.39, 0.29) is 11.8 Å². The summed E-state index contributed by atoms with van der Waals surface area (Å²) in [6, 6.07) is 7.65. The monoisotopic (exact) mass is 279 g/mol. The molecule has 1 atom stereocenters. The third-order valence-corrected chi connectivity index (χ3v) is 3.92. The van der Waals surface area contributed by atoms with Gasteiger partial charge in [0.05, 0.1) is 5.92 Å². The first kappa shape index (κ1) is 14.5. The van der Waals surface area contributed by atoms with E-state index >= 15 is 0 Å². The number of nitrogens with one attached hydrogen (secondary N) is 1. The second-order valence-corrected chi connectivity index (χ2v) is 6.20. The summed E-state index contributed by atoms with van der Waals surface area (Å²) in [5.41, 5.74) is 1.06. The van der Waals surface area contributed by atoms with E-state index in [4.69, 9.17) is 11.6 Å². The highest BCUT2D eigenvalue weighted by atomic mass is 35.5. The summed E-state index contributed by atoms with van der Waals surface area (Å²) in [7, 11) is 0. The molecular weight excluding hydrogens is 258 g/mol. The molecule has 2 nitrogen and oxygen atoms in total. The molecule has 0 spiro atoms. The maximum Gasteiger partial charge on any atom is 0.144 e. The van der Waals surface area contributed by atoms with Gasteiger partial charge in [-0.15, -0.1) is 0 Å². The minimum atomic E-state index is -0.0592. The number of halogens is 1. The molecule has 0 aliphatic heterocycles. The number of ketones is 1. The Kier molecular flexibility index (Phi) is 5.00. The first-order chi connectivity index (χ1) is 9.08. The SMILES string of the molecule is CC(C)C(=O)C(CNCC1CC1)c1ccc(Cl)cc1. The van der Waals surface area contributed by atoms with Gasteiger partial charge in [0.15, 0.2) is 0 Å². The van der Waals surface area contributed by atoms with Crippen LogP contribution in [0.25, 0.3) is 0 Å². The van der Waals surface area contributed by atoms with Crippen molar-refractivity contribution in [3.63, 3.8) is 0 Å². The summed E-state index contributed by atoms with van der Waals surface area (Å²) >= 11 is 5.91. The van der Waals surface area contributed by atoms with Crippen molar-refractivity contribution in [1.82, 2.24) is 5.32 Å². The van der Waals surface area contributed by atoms with Gasteiger partial charge in [0.2, 0.25) is 0 Å². The summed E-state index contributed by atoms with van der Waals surface area (Å²) in [6.07, 6.45) is 2.66. The van der Waals surface area contributed by atoms with Crippen molar-refractivity contribution in [1.29, 1.82) is 0 Å². The normalized spacial score (nSPS) is 16.6. The van der Waals surface area contributed by atoms with E-state index in [2.05, 4.69) is 5.32 Å². The van der Waals surface area contributed by atoms with Crippen LogP contribution in [0.15, 0.2) is 24.3 Å². The number of Topliss-reactive ketones (excluding diaryl/α,β-unsaturated/α-hetero) is 1. The molecule has 0 radical (unpaired) electrons. The van der Waals surface area contributed by atoms with Gasteiger partial charge in [-0.2, -0.15) is 0 Å². The minimum absolute atomic E-state index is 0.0587. The molecule has 0 amide bonds. The number of hydrogen-bond donors (Lipinski definition) is 1. The van der Waals surface area contributed by atoms with Crippen LogP contribution in [0.5, 0.6) is 0 Å². The number of carbonyl (C=O) groups excluding carboxylic acids is 1. The van der Waals surface area contributed by atoms with E-state index in [1.54, 1.807) is 0 Å². The molecule has 19 heavy (non-hydrogen) atoms. The molecule has 1 aliphatic rings. The molecule has 104 valence electrons. The lowest BCUT2D eigenvalue weighted by atomic mass is 9.89. The predicted octanol–water partition coefficient (Wildman–Crippen LogP) is 3.65. The summed E-state index contributed by atoms with van der Waals surface area (Å²) in [5, 5.41) is 4.16. The van der Waals surface area contributed by atoms with Gasteiger partial charge < -0.3 is 5.32 Å². The van der Waals surface area contributed by atoms with Crippen LogP contribution in [-0.2, 0) is 4.79 Å². The molecule has 2 rings (SSSR count). The zero-order valence-electron chi connectivity index (χ0n) is 11.7. The van der Waals surface area contributed by atoms with Crippen molar-refractivity contribution in [2.45, 2.75) is 32.6 Å². The van der Waals surface area contributed by atoms with Gasteiger partial charge in [-0.05, 0) is 43.0 Å². The van der Waals surface area contributed by atoms with E-state index in [0.717, 1.165) is 24.6 Å². The Morgan fingerprint density at radius 2 is 1.95 bits per heavy atom. The summed E-state index contributed by atoms with van der Waals surface area (Å²) < 4.78 is 0. The Morgan fingerprint density at radius 3 is 2.47 bits per heavy atom. The van der Waals surface area contributed by atoms with E-state index < -0.39 is 0 Å². The molecule has 1 unspecified atom stereocenters. The lowest BCUT2D eigenvalue weighted by Gasteiger charge is -2.19. The fourth-order valence-corrected chi connectivity index (χ4v) is 2.36. The van der Waals surface area contributed by atoms with E-state index in [9.17, 15) is 4.79 Å². The smallest absolute Gasteiger partial charge is 0.144 e. The van der Waals surface area contributed by atoms with Crippen molar-refractivity contribution in [3.8, 4) is 0 Å². The Labute approximate surface area is 120 Å². The third kappa shape index (κ3) is 4.32. The third-order valence-electron chi connectivity index (χ3n) is 3.66. The van der Waals surface area contributed by atoms with Gasteiger partial charge in [0.1, 0.15) is 5.78 Å². The molecule has 1 N–H and O–H groups in total. The molecule has 1 saturated carbocycles. The number of carbonyl (C=O) groups is 1. The highest BCUT2D eigenvalue weighted by Gasteiger charge is 2.25. The van der Waals surface area contributed by atoms with Crippen molar-refractivity contribution < 1.29 is 4.79 Å². The van der Waals surface area contributed by atoms with E-state index in [1.807, 2.05) is 38.1 Å². The minimum Gasteiger partial charge on any atom is -0.315 e. The number of rotatable bonds is 7. The molecule has 1 aliphatic carbocycles. The Hall–Kier alpha value is -0.860. The molecule has 3 heteroatoms. The van der Waals surface area contributed by atoms with Crippen molar-refractivity contribution in [2.24, 2.45) is 11.8 Å². The summed E-state index contributed by atoms with van der Waals surface area (Å²) in [4.78, 5) is 12.3. The number of benzene rings is 1. The topological polar surface area (TPSA) is 29.1 Å². The maximum atomic E-state index is 12.3. The maximum absolute atomic E-state index is 12.3. The van der Waals surface area contributed by atoms with Gasteiger partial charge in [-0.3, -0.25) is 4.79 Å². The largest absolute Gasteiger partial charge is 0.315 e. The predicted molar refractivity (Wildman–Crippen MR) is 79.6 cm³/mol. The van der Waals surface area contributed by atoms with Crippen LogP contribution < -0.4 is 5.32 Å². The zero-order chi connectivity index (χ0) is 13.8. The summed E-state index contributed by atoms with van der Waals surface area (Å²) in [5.74, 6) is 1.13. The molecule has 1 aromatic rings. The molecule has 0 saturated heterocycles. The summed E-state index contributed by atoms with van der Waals surface area (Å²) in [6.45, 7) is 5.70. The molecule has 1 aromatic carbocycles. The first-order valence-corrected chi connectivity index (χ1v) is 7.45. The van der Waals surface area contributed by atoms with Crippen molar-refractivity contribution >= 4 is 17.4 Å². The van der Waals surface area contributed by atoms with Crippen LogP contribution in [0.3, 0.4) is 0 Å². The second-order valence-electron chi connectivity index (χ2n) is 5.76. The highest BCUT2D eigenvalue weighted by Crippen LogP contribution is 2.28. The van der Waals surface area contributed by atoms with Crippen LogP contribution >= 0.6 is 11.6 Å². The van der Waals surface area contributed by atoms with Gasteiger partial charge >= 0.3 is 0 Å². The van der Waals surface area contributed by atoms with Gasteiger partial charge in [0, 0.05) is 17.5 Å². The van der Waals surface area contributed by atoms with Crippen molar-refractivity contribution in [3.05, 3.63) is 34.9 Å². The second kappa shape index (κ2) is 6.53. The Balaban J connectivity index is 2.03. The van der Waals surface area contributed by atoms with Crippen LogP contribution in [-0.4, -0.2) is 18.9 Å². The zero-order valence-corrected chi connectivity index (χ0v) is 12.4. The number of hydrogen-bond acceptors (Lipinski definition) is 2. The quantitative estimate of drug-likeness (QED) is 0.825. The Bertz CT molecular complexity index is 423. The fourth-order valence-electron chi connectivity index (χ4n) is 2.23. The lowest BCUT2D eigenvalue weighted by molar-refractivity contribution is -0.123. The van der Waals surface area contributed by atoms with Crippen LogP contribution in [0.2, 0.25) is 5.02 Å². The van der Waals surface area contributed by atoms with Crippen molar-refractivity contribution in [2.75, 3.05) is 13.1 Å². The molecule has 0 bridgehead atoms. The molecular formula is C16H22ClNO. The molecule has 0 aromatic heterocycles. The van der Waals surface area contributed by atoms with E-state index in [1.165, 1.54) is 12.8 Å².